The summed E-state index contributed by atoms with van der Waals surface area (Å²) in [5.41, 5.74) is 3.22. The summed E-state index contributed by atoms with van der Waals surface area (Å²) in [7, 11) is 0. The van der Waals surface area contributed by atoms with Crippen LogP contribution in [0.25, 0.3) is 11.1 Å². The van der Waals surface area contributed by atoms with Gasteiger partial charge in [0.15, 0.2) is 0 Å². The van der Waals surface area contributed by atoms with E-state index in [0.717, 1.165) is 28.8 Å². The standard InChI is InChI=1S/C24H25NO2/c26-24(21-12-5-2-6-13-21,23-18-25-15-16-27-23)17-20-11-7-8-14-22(20)19-9-3-1-4-10-19/h1-14,23,25-26H,15-18H2/t23-,24-/m1/s1. The van der Waals surface area contributed by atoms with Gasteiger partial charge in [-0.15, -0.1) is 0 Å². The van der Waals surface area contributed by atoms with E-state index in [2.05, 4.69) is 29.6 Å². The number of hydrogen-bond donors (Lipinski definition) is 2. The minimum absolute atomic E-state index is 0.294. The maximum atomic E-state index is 11.9. The lowest BCUT2D eigenvalue weighted by molar-refractivity contribution is -0.124. The van der Waals surface area contributed by atoms with Crippen LogP contribution in [0.1, 0.15) is 11.1 Å². The Morgan fingerprint density at radius 2 is 1.56 bits per heavy atom. The second-order valence-electron chi connectivity index (χ2n) is 7.05. The van der Waals surface area contributed by atoms with Crippen LogP contribution in [0.3, 0.4) is 0 Å². The van der Waals surface area contributed by atoms with Crippen LogP contribution in [0.2, 0.25) is 0 Å². The highest BCUT2D eigenvalue weighted by Gasteiger charge is 2.40. The summed E-state index contributed by atoms with van der Waals surface area (Å²) in [5.74, 6) is 0. The quantitative estimate of drug-likeness (QED) is 0.729. The first-order valence-corrected chi connectivity index (χ1v) is 9.51. The number of hydrogen-bond acceptors (Lipinski definition) is 3. The summed E-state index contributed by atoms with van der Waals surface area (Å²) < 4.78 is 6.00. The van der Waals surface area contributed by atoms with Gasteiger partial charge < -0.3 is 15.2 Å². The molecule has 3 aromatic carbocycles. The van der Waals surface area contributed by atoms with E-state index in [1.807, 2.05) is 60.7 Å². The van der Waals surface area contributed by atoms with Gasteiger partial charge >= 0.3 is 0 Å². The molecule has 0 radical (unpaired) electrons. The van der Waals surface area contributed by atoms with Crippen LogP contribution < -0.4 is 5.32 Å². The molecule has 1 fully saturated rings. The molecule has 0 bridgehead atoms. The van der Waals surface area contributed by atoms with Crippen LogP contribution in [0, 0.1) is 0 Å². The fourth-order valence-electron chi connectivity index (χ4n) is 3.86. The highest BCUT2D eigenvalue weighted by Crippen LogP contribution is 2.35. The SMILES string of the molecule is O[C@](Cc1ccccc1-c1ccccc1)(c1ccccc1)[C@H]1CNCCO1. The van der Waals surface area contributed by atoms with Gasteiger partial charge in [-0.1, -0.05) is 84.9 Å². The maximum Gasteiger partial charge on any atom is 0.121 e. The first-order chi connectivity index (χ1) is 13.3. The Morgan fingerprint density at radius 1 is 0.889 bits per heavy atom. The number of benzene rings is 3. The van der Waals surface area contributed by atoms with E-state index in [0.29, 0.717) is 19.6 Å². The topological polar surface area (TPSA) is 41.5 Å². The molecule has 2 N–H and O–H groups in total. The normalized spacial score (nSPS) is 19.4. The van der Waals surface area contributed by atoms with Gasteiger partial charge in [-0.2, -0.15) is 0 Å². The zero-order valence-electron chi connectivity index (χ0n) is 15.3. The minimum atomic E-state index is -1.10. The fourth-order valence-corrected chi connectivity index (χ4v) is 3.86. The molecule has 0 amide bonds. The van der Waals surface area contributed by atoms with Crippen molar-refractivity contribution >= 4 is 0 Å². The van der Waals surface area contributed by atoms with Gasteiger partial charge in [-0.25, -0.2) is 0 Å². The summed E-state index contributed by atoms with van der Waals surface area (Å²) in [6.45, 7) is 2.07. The molecule has 3 nitrogen and oxygen atoms in total. The minimum Gasteiger partial charge on any atom is -0.382 e. The zero-order chi connectivity index (χ0) is 18.5. The van der Waals surface area contributed by atoms with Gasteiger partial charge in [0.2, 0.25) is 0 Å². The lowest BCUT2D eigenvalue weighted by Crippen LogP contribution is -2.52. The van der Waals surface area contributed by atoms with Crippen LogP contribution in [-0.4, -0.2) is 30.9 Å². The Morgan fingerprint density at radius 3 is 2.26 bits per heavy atom. The summed E-state index contributed by atoms with van der Waals surface area (Å²) >= 11 is 0. The van der Waals surface area contributed by atoms with Gasteiger partial charge in [0, 0.05) is 19.5 Å². The van der Waals surface area contributed by atoms with Crippen molar-refractivity contribution < 1.29 is 9.84 Å². The summed E-state index contributed by atoms with van der Waals surface area (Å²) in [6, 6.07) is 28.5. The van der Waals surface area contributed by atoms with Crippen LogP contribution in [0.4, 0.5) is 0 Å². The Balaban J connectivity index is 1.75. The first-order valence-electron chi connectivity index (χ1n) is 9.51. The smallest absolute Gasteiger partial charge is 0.121 e. The molecule has 0 unspecified atom stereocenters. The average molecular weight is 359 g/mol. The summed E-state index contributed by atoms with van der Waals surface area (Å²) in [5, 5.41) is 15.2. The molecule has 1 saturated heterocycles. The summed E-state index contributed by atoms with van der Waals surface area (Å²) in [4.78, 5) is 0. The predicted molar refractivity (Wildman–Crippen MR) is 109 cm³/mol. The molecule has 0 spiro atoms. The van der Waals surface area contributed by atoms with Crippen LogP contribution in [0.15, 0.2) is 84.9 Å². The van der Waals surface area contributed by atoms with E-state index >= 15 is 0 Å². The molecule has 4 rings (SSSR count). The van der Waals surface area contributed by atoms with E-state index < -0.39 is 5.60 Å². The number of aliphatic hydroxyl groups is 1. The number of ether oxygens (including phenoxy) is 1. The van der Waals surface area contributed by atoms with E-state index in [1.165, 1.54) is 0 Å². The second-order valence-corrected chi connectivity index (χ2v) is 7.05. The molecular formula is C24H25NO2. The Labute approximate surface area is 160 Å². The molecule has 138 valence electrons. The fraction of sp³-hybridized carbons (Fsp3) is 0.250. The molecule has 0 aliphatic carbocycles. The Bertz CT molecular complexity index is 860. The largest absolute Gasteiger partial charge is 0.382 e. The van der Waals surface area contributed by atoms with Crippen molar-refractivity contribution in [2.24, 2.45) is 0 Å². The van der Waals surface area contributed by atoms with Gasteiger partial charge in [0.25, 0.3) is 0 Å². The average Bonchev–Trinajstić information content (AvgIpc) is 2.76. The zero-order valence-corrected chi connectivity index (χ0v) is 15.3. The van der Waals surface area contributed by atoms with Crippen LogP contribution in [-0.2, 0) is 16.8 Å². The van der Waals surface area contributed by atoms with Crippen molar-refractivity contribution in [2.45, 2.75) is 18.1 Å². The molecule has 0 aromatic heterocycles. The predicted octanol–water partition coefficient (Wildman–Crippen LogP) is 3.77. The van der Waals surface area contributed by atoms with Crippen molar-refractivity contribution in [2.75, 3.05) is 19.7 Å². The Hall–Kier alpha value is -2.46. The number of rotatable bonds is 5. The van der Waals surface area contributed by atoms with E-state index in [-0.39, 0.29) is 6.10 Å². The molecular weight excluding hydrogens is 334 g/mol. The van der Waals surface area contributed by atoms with Gasteiger partial charge in [-0.05, 0) is 22.3 Å². The van der Waals surface area contributed by atoms with E-state index in [1.54, 1.807) is 0 Å². The lowest BCUT2D eigenvalue weighted by Gasteiger charge is -2.39. The van der Waals surface area contributed by atoms with Crippen LogP contribution in [0.5, 0.6) is 0 Å². The second kappa shape index (κ2) is 8.05. The highest BCUT2D eigenvalue weighted by molar-refractivity contribution is 5.67. The molecule has 3 heteroatoms. The highest BCUT2D eigenvalue weighted by atomic mass is 16.5. The van der Waals surface area contributed by atoms with Gasteiger partial charge in [0.05, 0.1) is 6.61 Å². The molecule has 3 aromatic rings. The van der Waals surface area contributed by atoms with Crippen molar-refractivity contribution in [1.29, 1.82) is 0 Å². The first kappa shape index (κ1) is 17.9. The lowest BCUT2D eigenvalue weighted by atomic mass is 9.80. The molecule has 1 heterocycles. The number of nitrogens with one attached hydrogen (secondary N) is 1. The van der Waals surface area contributed by atoms with Crippen LogP contribution >= 0.6 is 0 Å². The third kappa shape index (κ3) is 3.81. The van der Waals surface area contributed by atoms with E-state index in [9.17, 15) is 5.11 Å². The molecule has 27 heavy (non-hydrogen) atoms. The number of morpholine rings is 1. The molecule has 1 aliphatic rings. The van der Waals surface area contributed by atoms with Gasteiger partial charge in [0.1, 0.15) is 11.7 Å². The molecule has 0 saturated carbocycles. The molecule has 1 aliphatic heterocycles. The van der Waals surface area contributed by atoms with Crippen molar-refractivity contribution in [1.82, 2.24) is 5.32 Å². The third-order valence-electron chi connectivity index (χ3n) is 5.30. The van der Waals surface area contributed by atoms with Crippen molar-refractivity contribution in [3.05, 3.63) is 96.1 Å². The molecule has 2 atom stereocenters. The van der Waals surface area contributed by atoms with Crippen molar-refractivity contribution in [3.8, 4) is 11.1 Å². The van der Waals surface area contributed by atoms with E-state index in [4.69, 9.17) is 4.74 Å². The third-order valence-corrected chi connectivity index (χ3v) is 5.30. The van der Waals surface area contributed by atoms with Gasteiger partial charge in [-0.3, -0.25) is 0 Å². The summed E-state index contributed by atoms with van der Waals surface area (Å²) in [6.07, 6.45) is 0.200. The maximum absolute atomic E-state index is 11.9. The monoisotopic (exact) mass is 359 g/mol. The Kier molecular flexibility index (Phi) is 5.35. The van der Waals surface area contributed by atoms with Crippen molar-refractivity contribution in [3.63, 3.8) is 0 Å².